The van der Waals surface area contributed by atoms with Gasteiger partial charge in [0.05, 0.1) is 15.0 Å². The predicted molar refractivity (Wildman–Crippen MR) is 87.5 cm³/mol. The monoisotopic (exact) mass is 376 g/mol. The van der Waals surface area contributed by atoms with E-state index in [9.17, 15) is 23.1 Å². The zero-order valence-corrected chi connectivity index (χ0v) is 13.6. The topological polar surface area (TPSA) is 110 Å². The highest BCUT2D eigenvalue weighted by Gasteiger charge is 2.25. The van der Waals surface area contributed by atoms with Gasteiger partial charge in [-0.15, -0.1) is 0 Å². The fraction of sp³-hybridized carbons (Fsp3) is 0.0769. The molecular weight excluding hydrogens is 367 g/mol. The zero-order valence-electron chi connectivity index (χ0n) is 11.3. The van der Waals surface area contributed by atoms with Crippen molar-refractivity contribution in [3.05, 3.63) is 68.2 Å². The van der Waals surface area contributed by atoms with E-state index in [4.69, 9.17) is 23.2 Å². The lowest BCUT2D eigenvalue weighted by Gasteiger charge is -2.17. The number of hydrogen-bond acceptors (Lipinski definition) is 5. The second kappa shape index (κ2) is 6.71. The van der Waals surface area contributed by atoms with Crippen molar-refractivity contribution >= 4 is 44.7 Å². The van der Waals surface area contributed by atoms with Crippen molar-refractivity contribution in [3.8, 4) is 0 Å². The summed E-state index contributed by atoms with van der Waals surface area (Å²) in [5, 5.41) is 12.2. The third-order valence-electron chi connectivity index (χ3n) is 2.92. The third-order valence-corrected chi connectivity index (χ3v) is 4.65. The van der Waals surface area contributed by atoms with Crippen LogP contribution in [0.1, 0.15) is 10.9 Å². The molecule has 0 spiro atoms. The molecule has 2 rings (SSSR count). The molecule has 122 valence electrons. The molecule has 0 aliphatic carbocycles. The van der Waals surface area contributed by atoms with E-state index in [0.29, 0.717) is 5.69 Å². The molecule has 0 bridgehead atoms. The van der Waals surface area contributed by atoms with Crippen LogP contribution in [-0.4, -0.2) is 17.9 Å². The van der Waals surface area contributed by atoms with Crippen molar-refractivity contribution in [2.45, 2.75) is 5.37 Å². The molecule has 0 radical (unpaired) electrons. The Kier molecular flexibility index (Phi) is 5.10. The summed E-state index contributed by atoms with van der Waals surface area (Å²) < 4.78 is 32.6. The minimum absolute atomic E-state index is 0.129. The third kappa shape index (κ3) is 4.32. The van der Waals surface area contributed by atoms with Gasteiger partial charge in [-0.1, -0.05) is 23.2 Å². The molecule has 1 unspecified atom stereocenters. The Labute approximate surface area is 141 Å². The average molecular weight is 377 g/mol. The van der Waals surface area contributed by atoms with E-state index >= 15 is 0 Å². The maximum absolute atomic E-state index is 11.6. The molecule has 23 heavy (non-hydrogen) atoms. The second-order valence-electron chi connectivity index (χ2n) is 4.52. The molecule has 0 amide bonds. The van der Waals surface area contributed by atoms with Gasteiger partial charge in [0.15, 0.2) is 5.37 Å². The number of nitrogens with one attached hydrogen (secondary N) is 1. The van der Waals surface area contributed by atoms with Crippen LogP contribution in [0, 0.1) is 10.1 Å². The van der Waals surface area contributed by atoms with Gasteiger partial charge in [0.2, 0.25) is 0 Å². The van der Waals surface area contributed by atoms with E-state index in [0.717, 1.165) is 12.1 Å². The summed E-state index contributed by atoms with van der Waals surface area (Å²) in [5.41, 5.74) is 0.238. The Morgan fingerprint density at radius 2 is 1.70 bits per heavy atom. The van der Waals surface area contributed by atoms with Crippen molar-refractivity contribution in [2.75, 3.05) is 5.32 Å². The zero-order chi connectivity index (χ0) is 17.2. The van der Waals surface area contributed by atoms with E-state index in [1.807, 2.05) is 0 Å². The van der Waals surface area contributed by atoms with Crippen molar-refractivity contribution in [1.29, 1.82) is 0 Å². The second-order valence-corrected chi connectivity index (χ2v) is 6.83. The van der Waals surface area contributed by atoms with Crippen LogP contribution in [0.15, 0.2) is 42.5 Å². The summed E-state index contributed by atoms with van der Waals surface area (Å²) in [6.07, 6.45) is 0. The Morgan fingerprint density at radius 1 is 1.09 bits per heavy atom. The van der Waals surface area contributed by atoms with Crippen molar-refractivity contribution in [1.82, 2.24) is 0 Å². The lowest BCUT2D eigenvalue weighted by atomic mass is 10.2. The van der Waals surface area contributed by atoms with Crippen LogP contribution in [0.25, 0.3) is 0 Å². The molecule has 2 aromatic rings. The summed E-state index contributed by atoms with van der Waals surface area (Å²) in [7, 11) is -4.53. The molecule has 10 heteroatoms. The van der Waals surface area contributed by atoms with Gasteiger partial charge in [-0.2, -0.15) is 8.42 Å². The fourth-order valence-corrected chi connectivity index (χ4v) is 2.92. The molecule has 0 aliphatic heterocycles. The van der Waals surface area contributed by atoms with Crippen molar-refractivity contribution in [2.24, 2.45) is 0 Å². The largest absolute Gasteiger partial charge is 0.363 e. The first-order valence-electron chi connectivity index (χ1n) is 6.11. The van der Waals surface area contributed by atoms with Crippen molar-refractivity contribution < 1.29 is 17.9 Å². The smallest absolute Gasteiger partial charge is 0.290 e. The van der Waals surface area contributed by atoms with Crippen LogP contribution in [-0.2, 0) is 10.1 Å². The first kappa shape index (κ1) is 17.5. The molecule has 0 saturated heterocycles. The molecule has 2 N–H and O–H groups in total. The number of nitrogens with zero attached hydrogens (tertiary/aromatic N) is 1. The van der Waals surface area contributed by atoms with Crippen LogP contribution < -0.4 is 5.32 Å². The van der Waals surface area contributed by atoms with Gasteiger partial charge >= 0.3 is 0 Å². The van der Waals surface area contributed by atoms with Gasteiger partial charge in [-0.3, -0.25) is 14.7 Å². The number of benzene rings is 2. The van der Waals surface area contributed by atoms with E-state index in [-0.39, 0.29) is 21.3 Å². The van der Waals surface area contributed by atoms with Crippen molar-refractivity contribution in [3.63, 3.8) is 0 Å². The SMILES string of the molecule is O=[N+]([O-])c1ccc(C(Nc2ccc(Cl)c(Cl)c2)S(=O)(=O)O)cc1. The van der Waals surface area contributed by atoms with Crippen LogP contribution in [0.2, 0.25) is 10.0 Å². The number of nitro groups is 1. The molecule has 0 aliphatic rings. The minimum Gasteiger partial charge on any atom is -0.363 e. The number of non-ortho nitro benzene ring substituents is 1. The molecule has 0 heterocycles. The number of rotatable bonds is 5. The number of hydrogen-bond donors (Lipinski definition) is 2. The number of nitro benzene ring substituents is 1. The van der Waals surface area contributed by atoms with Gasteiger partial charge in [-0.05, 0) is 35.9 Å². The Hall–Kier alpha value is -1.87. The van der Waals surface area contributed by atoms with E-state index < -0.39 is 20.4 Å². The predicted octanol–water partition coefficient (Wildman–Crippen LogP) is 3.90. The molecule has 0 saturated carbocycles. The normalized spacial score (nSPS) is 12.7. The van der Waals surface area contributed by atoms with Gasteiger partial charge in [0.25, 0.3) is 15.8 Å². The highest BCUT2D eigenvalue weighted by molar-refractivity contribution is 7.86. The highest BCUT2D eigenvalue weighted by Crippen LogP contribution is 2.30. The van der Waals surface area contributed by atoms with E-state index in [1.165, 1.54) is 30.3 Å². The van der Waals surface area contributed by atoms with Gasteiger partial charge in [-0.25, -0.2) is 0 Å². The van der Waals surface area contributed by atoms with Crippen LogP contribution >= 0.6 is 23.2 Å². The molecule has 2 aromatic carbocycles. The lowest BCUT2D eigenvalue weighted by Crippen LogP contribution is -2.20. The molecule has 7 nitrogen and oxygen atoms in total. The molecular formula is C13H10Cl2N2O5S. The van der Waals surface area contributed by atoms with Gasteiger partial charge in [0.1, 0.15) is 0 Å². The lowest BCUT2D eigenvalue weighted by molar-refractivity contribution is -0.384. The summed E-state index contributed by atoms with van der Waals surface area (Å²) in [4.78, 5) is 10.0. The summed E-state index contributed by atoms with van der Waals surface area (Å²) in [6, 6.07) is 9.10. The fourth-order valence-electron chi connectivity index (χ4n) is 1.84. The Morgan fingerprint density at radius 3 is 2.17 bits per heavy atom. The maximum Gasteiger partial charge on any atom is 0.290 e. The quantitative estimate of drug-likeness (QED) is 0.465. The van der Waals surface area contributed by atoms with Crippen LogP contribution in [0.4, 0.5) is 11.4 Å². The highest BCUT2D eigenvalue weighted by atomic mass is 35.5. The summed E-state index contributed by atoms with van der Waals surface area (Å²) in [5.74, 6) is 0. The molecule has 1 atom stereocenters. The number of halogens is 2. The van der Waals surface area contributed by atoms with Crippen LogP contribution in [0.5, 0.6) is 0 Å². The summed E-state index contributed by atoms with van der Waals surface area (Å²) in [6.45, 7) is 0. The Bertz CT molecular complexity index is 840. The van der Waals surface area contributed by atoms with Gasteiger partial charge in [0, 0.05) is 17.8 Å². The minimum atomic E-state index is -4.53. The van der Waals surface area contributed by atoms with E-state index in [1.54, 1.807) is 0 Å². The van der Waals surface area contributed by atoms with E-state index in [2.05, 4.69) is 5.32 Å². The summed E-state index contributed by atoms with van der Waals surface area (Å²) >= 11 is 11.6. The number of anilines is 1. The average Bonchev–Trinajstić information content (AvgIpc) is 2.47. The van der Waals surface area contributed by atoms with Crippen LogP contribution in [0.3, 0.4) is 0 Å². The molecule has 0 aromatic heterocycles. The standard InChI is InChI=1S/C13H10Cl2N2O5S/c14-11-6-3-9(7-12(11)15)16-13(23(20,21)22)8-1-4-10(5-2-8)17(18)19/h1-7,13,16H,(H,20,21,22). The van der Waals surface area contributed by atoms with Gasteiger partial charge < -0.3 is 5.32 Å². The first-order valence-corrected chi connectivity index (χ1v) is 8.36. The maximum atomic E-state index is 11.6. The Balaban J connectivity index is 2.37. The first-order chi connectivity index (χ1) is 10.7. The molecule has 0 fully saturated rings.